The van der Waals surface area contributed by atoms with Crippen LogP contribution in [0.2, 0.25) is 0 Å². The minimum atomic E-state index is -4.60. The Labute approximate surface area is 155 Å². The molecule has 4 nitrogen and oxygen atoms in total. The number of nitrogens with zero attached hydrogens (tertiary/aromatic N) is 2. The van der Waals surface area contributed by atoms with Crippen LogP contribution in [0.4, 0.5) is 13.2 Å². The lowest BCUT2D eigenvalue weighted by atomic mass is 10.3. The smallest absolute Gasteiger partial charge is 0.449 e. The SMILES string of the molecule is O[C@@H](COc1ccc(I)cc1)Cn1c(C(F)(F)F)nc2ccccc21. The number of para-hydroxylation sites is 2. The van der Waals surface area contributed by atoms with E-state index in [1.165, 1.54) is 6.07 Å². The molecule has 2 aromatic carbocycles. The molecular formula is C17H14F3IN2O2. The van der Waals surface area contributed by atoms with Crippen molar-refractivity contribution in [3.63, 3.8) is 0 Å². The maximum absolute atomic E-state index is 13.2. The van der Waals surface area contributed by atoms with Crippen LogP contribution in [0.25, 0.3) is 11.0 Å². The Balaban J connectivity index is 1.78. The number of hydrogen-bond donors (Lipinski definition) is 1. The highest BCUT2D eigenvalue weighted by molar-refractivity contribution is 14.1. The van der Waals surface area contributed by atoms with Gasteiger partial charge in [-0.15, -0.1) is 0 Å². The fourth-order valence-corrected chi connectivity index (χ4v) is 2.82. The maximum Gasteiger partial charge on any atom is 0.449 e. The summed E-state index contributed by atoms with van der Waals surface area (Å²) in [5.41, 5.74) is 0.559. The first-order valence-electron chi connectivity index (χ1n) is 7.43. The zero-order chi connectivity index (χ0) is 18.0. The summed E-state index contributed by atoms with van der Waals surface area (Å²) in [6, 6.07) is 13.5. The zero-order valence-electron chi connectivity index (χ0n) is 12.9. The molecule has 0 amide bonds. The summed E-state index contributed by atoms with van der Waals surface area (Å²) in [7, 11) is 0. The molecule has 0 saturated carbocycles. The monoisotopic (exact) mass is 462 g/mol. The van der Waals surface area contributed by atoms with E-state index >= 15 is 0 Å². The van der Waals surface area contributed by atoms with E-state index in [1.54, 1.807) is 30.3 Å². The molecule has 0 aliphatic carbocycles. The van der Waals surface area contributed by atoms with Gasteiger partial charge in [0.1, 0.15) is 18.5 Å². The van der Waals surface area contributed by atoms with Crippen LogP contribution in [0.1, 0.15) is 5.82 Å². The van der Waals surface area contributed by atoms with Gasteiger partial charge in [0.25, 0.3) is 0 Å². The van der Waals surface area contributed by atoms with Crippen molar-refractivity contribution >= 4 is 33.6 Å². The molecule has 1 N–H and O–H groups in total. The van der Waals surface area contributed by atoms with E-state index < -0.39 is 18.1 Å². The summed E-state index contributed by atoms with van der Waals surface area (Å²) in [6.45, 7) is -0.385. The number of aromatic nitrogens is 2. The van der Waals surface area contributed by atoms with Crippen LogP contribution in [0.15, 0.2) is 48.5 Å². The van der Waals surface area contributed by atoms with Crippen molar-refractivity contribution in [3.8, 4) is 5.75 Å². The first-order valence-corrected chi connectivity index (χ1v) is 8.51. The van der Waals surface area contributed by atoms with Crippen molar-refractivity contribution in [1.29, 1.82) is 0 Å². The van der Waals surface area contributed by atoms with Crippen molar-refractivity contribution in [2.45, 2.75) is 18.8 Å². The lowest BCUT2D eigenvalue weighted by molar-refractivity contribution is -0.147. The molecule has 0 spiro atoms. The van der Waals surface area contributed by atoms with E-state index in [1.807, 2.05) is 12.1 Å². The molecule has 1 aromatic heterocycles. The number of hydrogen-bond acceptors (Lipinski definition) is 3. The number of ether oxygens (including phenoxy) is 1. The van der Waals surface area contributed by atoms with Crippen LogP contribution in [0, 0.1) is 3.57 Å². The van der Waals surface area contributed by atoms with Crippen LogP contribution in [-0.2, 0) is 12.7 Å². The Hall–Kier alpha value is -1.81. The Morgan fingerprint density at radius 2 is 1.80 bits per heavy atom. The van der Waals surface area contributed by atoms with Crippen molar-refractivity contribution in [2.75, 3.05) is 6.61 Å². The summed E-state index contributed by atoms with van der Waals surface area (Å²) >= 11 is 2.15. The predicted molar refractivity (Wildman–Crippen MR) is 95.4 cm³/mol. The summed E-state index contributed by atoms with van der Waals surface area (Å²) in [5, 5.41) is 10.1. The van der Waals surface area contributed by atoms with Gasteiger partial charge in [0, 0.05) is 3.57 Å². The second-order valence-electron chi connectivity index (χ2n) is 5.45. The van der Waals surface area contributed by atoms with Gasteiger partial charge in [-0.1, -0.05) is 12.1 Å². The number of benzene rings is 2. The number of alkyl halides is 3. The van der Waals surface area contributed by atoms with Gasteiger partial charge < -0.3 is 14.4 Å². The Kier molecular flexibility index (Phi) is 5.19. The number of fused-ring (bicyclic) bond motifs is 1. The highest BCUT2D eigenvalue weighted by atomic mass is 127. The van der Waals surface area contributed by atoms with Crippen molar-refractivity contribution in [2.24, 2.45) is 0 Å². The third kappa shape index (κ3) is 4.24. The van der Waals surface area contributed by atoms with Gasteiger partial charge in [-0.3, -0.25) is 0 Å². The molecular weight excluding hydrogens is 448 g/mol. The molecule has 0 saturated heterocycles. The first kappa shape index (κ1) is 18.0. The molecule has 0 fully saturated rings. The van der Waals surface area contributed by atoms with Crippen molar-refractivity contribution in [1.82, 2.24) is 9.55 Å². The molecule has 3 rings (SSSR count). The summed E-state index contributed by atoms with van der Waals surface area (Å²) in [4.78, 5) is 3.65. The topological polar surface area (TPSA) is 47.3 Å². The van der Waals surface area contributed by atoms with Gasteiger partial charge in [-0.25, -0.2) is 4.98 Å². The van der Waals surface area contributed by atoms with Gasteiger partial charge in [0.2, 0.25) is 5.82 Å². The standard InChI is InChI=1S/C17H14F3IN2O2/c18-17(19,20)16-22-14-3-1-2-4-15(14)23(16)9-12(24)10-25-13-7-5-11(21)6-8-13/h1-8,12,24H,9-10H2/t12-/m1/s1. The van der Waals surface area contributed by atoms with Crippen LogP contribution in [0.3, 0.4) is 0 Å². The van der Waals surface area contributed by atoms with Gasteiger partial charge in [0.05, 0.1) is 17.6 Å². The molecule has 132 valence electrons. The average molecular weight is 462 g/mol. The Morgan fingerprint density at radius 1 is 1.12 bits per heavy atom. The fraction of sp³-hybridized carbons (Fsp3) is 0.235. The van der Waals surface area contributed by atoms with Crippen LogP contribution >= 0.6 is 22.6 Å². The number of aliphatic hydroxyl groups is 1. The molecule has 3 aromatic rings. The zero-order valence-corrected chi connectivity index (χ0v) is 15.0. The summed E-state index contributed by atoms with van der Waals surface area (Å²) in [5.74, 6) is -0.479. The molecule has 0 aliphatic rings. The van der Waals surface area contributed by atoms with E-state index in [4.69, 9.17) is 4.74 Å². The third-order valence-corrected chi connectivity index (χ3v) is 4.28. The van der Waals surface area contributed by atoms with Crippen LogP contribution < -0.4 is 4.74 Å². The van der Waals surface area contributed by atoms with Gasteiger partial charge in [0.15, 0.2) is 0 Å². The predicted octanol–water partition coefficient (Wildman–Crippen LogP) is 4.10. The Bertz CT molecular complexity index is 862. The first-order chi connectivity index (χ1) is 11.8. The molecule has 8 heteroatoms. The van der Waals surface area contributed by atoms with E-state index in [0.29, 0.717) is 11.3 Å². The van der Waals surface area contributed by atoms with E-state index in [2.05, 4.69) is 27.6 Å². The molecule has 0 aliphatic heterocycles. The molecule has 1 atom stereocenters. The number of aliphatic hydroxyl groups excluding tert-OH is 1. The van der Waals surface area contributed by atoms with Gasteiger partial charge in [-0.2, -0.15) is 13.2 Å². The van der Waals surface area contributed by atoms with Gasteiger partial charge >= 0.3 is 6.18 Å². The minimum absolute atomic E-state index is 0.121. The molecule has 0 radical (unpaired) electrons. The third-order valence-electron chi connectivity index (χ3n) is 3.56. The lowest BCUT2D eigenvalue weighted by Gasteiger charge is -2.16. The van der Waals surface area contributed by atoms with Crippen molar-refractivity contribution in [3.05, 3.63) is 57.9 Å². The highest BCUT2D eigenvalue weighted by Gasteiger charge is 2.37. The quantitative estimate of drug-likeness (QED) is 0.582. The second kappa shape index (κ2) is 7.20. The maximum atomic E-state index is 13.2. The second-order valence-corrected chi connectivity index (χ2v) is 6.70. The van der Waals surface area contributed by atoms with E-state index in [0.717, 1.165) is 8.14 Å². The fourth-order valence-electron chi connectivity index (χ4n) is 2.46. The number of rotatable bonds is 5. The largest absolute Gasteiger partial charge is 0.491 e. The molecule has 0 bridgehead atoms. The van der Waals surface area contributed by atoms with E-state index in [9.17, 15) is 18.3 Å². The molecule has 0 unspecified atom stereocenters. The summed E-state index contributed by atoms with van der Waals surface area (Å²) < 4.78 is 47.1. The van der Waals surface area contributed by atoms with E-state index in [-0.39, 0.29) is 18.7 Å². The Morgan fingerprint density at radius 3 is 2.48 bits per heavy atom. The highest BCUT2D eigenvalue weighted by Crippen LogP contribution is 2.31. The molecule has 1 heterocycles. The van der Waals surface area contributed by atoms with Gasteiger partial charge in [-0.05, 0) is 59.0 Å². The average Bonchev–Trinajstić information content (AvgIpc) is 2.93. The van der Waals surface area contributed by atoms with Crippen molar-refractivity contribution < 1.29 is 23.0 Å². The number of imidazole rings is 1. The lowest BCUT2D eigenvalue weighted by Crippen LogP contribution is -2.26. The van der Waals surface area contributed by atoms with Crippen LogP contribution in [0.5, 0.6) is 5.75 Å². The molecule has 25 heavy (non-hydrogen) atoms. The van der Waals surface area contributed by atoms with Crippen LogP contribution in [-0.4, -0.2) is 27.4 Å². The normalized spacial score (nSPS) is 13.2. The summed E-state index contributed by atoms with van der Waals surface area (Å²) in [6.07, 6.45) is -5.71. The number of halogens is 4. The minimum Gasteiger partial charge on any atom is -0.491 e.